The van der Waals surface area contributed by atoms with Gasteiger partial charge in [-0.15, -0.1) is 0 Å². The summed E-state index contributed by atoms with van der Waals surface area (Å²) in [6, 6.07) is 10.0. The number of halogens is 1. The van der Waals surface area contributed by atoms with Crippen LogP contribution in [0.1, 0.15) is 29.5 Å². The van der Waals surface area contributed by atoms with Gasteiger partial charge in [-0.2, -0.15) is 0 Å². The second-order valence-electron chi connectivity index (χ2n) is 6.33. The fourth-order valence-corrected chi connectivity index (χ4v) is 4.32. The van der Waals surface area contributed by atoms with Gasteiger partial charge >= 0.3 is 0 Å². The largest absolute Gasteiger partial charge is 0.384 e. The number of aromatic nitrogens is 1. The minimum atomic E-state index is -1.06. The Balaban J connectivity index is 1.84. The van der Waals surface area contributed by atoms with E-state index in [1.807, 2.05) is 12.1 Å². The van der Waals surface area contributed by atoms with Crippen molar-refractivity contribution in [3.63, 3.8) is 0 Å². The molecule has 1 saturated carbocycles. The van der Waals surface area contributed by atoms with Crippen LogP contribution in [0.15, 0.2) is 42.7 Å². The molecule has 21 heavy (non-hydrogen) atoms. The molecular formula is C18H18FNO. The maximum Gasteiger partial charge on any atom is 0.147 e. The Morgan fingerprint density at radius 3 is 2.24 bits per heavy atom. The first kappa shape index (κ1) is 13.0. The molecule has 0 spiro atoms. The molecule has 1 aromatic carbocycles. The predicted molar refractivity (Wildman–Crippen MR) is 78.2 cm³/mol. The average molecular weight is 283 g/mol. The molecule has 4 rings (SSSR count). The van der Waals surface area contributed by atoms with Gasteiger partial charge in [-0.1, -0.05) is 24.3 Å². The van der Waals surface area contributed by atoms with E-state index in [1.165, 1.54) is 17.3 Å². The van der Waals surface area contributed by atoms with Gasteiger partial charge in [0.25, 0.3) is 0 Å². The van der Waals surface area contributed by atoms with Gasteiger partial charge in [-0.3, -0.25) is 4.98 Å². The van der Waals surface area contributed by atoms with Crippen LogP contribution in [0.2, 0.25) is 0 Å². The second-order valence-corrected chi connectivity index (χ2v) is 6.33. The summed E-state index contributed by atoms with van der Waals surface area (Å²) in [5.41, 5.74) is 1.97. The fraction of sp³-hybridized carbons (Fsp3) is 0.389. The lowest BCUT2D eigenvalue weighted by Crippen LogP contribution is -2.38. The molecule has 2 nitrogen and oxygen atoms in total. The molecule has 3 heteroatoms. The van der Waals surface area contributed by atoms with Crippen LogP contribution in [-0.2, 0) is 18.4 Å². The van der Waals surface area contributed by atoms with Crippen molar-refractivity contribution in [2.45, 2.75) is 31.3 Å². The first-order valence-electron chi connectivity index (χ1n) is 7.58. The van der Waals surface area contributed by atoms with Gasteiger partial charge in [0.05, 0.1) is 11.8 Å². The molecule has 108 valence electrons. The van der Waals surface area contributed by atoms with Gasteiger partial charge in [0.2, 0.25) is 0 Å². The quantitative estimate of drug-likeness (QED) is 0.871. The summed E-state index contributed by atoms with van der Waals surface area (Å²) >= 11 is 0. The van der Waals surface area contributed by atoms with E-state index in [2.05, 4.69) is 17.1 Å². The lowest BCUT2D eigenvalue weighted by molar-refractivity contribution is -0.0425. The fourth-order valence-electron chi connectivity index (χ4n) is 4.32. The van der Waals surface area contributed by atoms with Gasteiger partial charge in [0, 0.05) is 11.8 Å². The number of hydrogen-bond acceptors (Lipinski definition) is 2. The number of rotatable bonds is 1. The number of benzene rings is 1. The Morgan fingerprint density at radius 1 is 1.05 bits per heavy atom. The Kier molecular flexibility index (Phi) is 2.86. The van der Waals surface area contributed by atoms with E-state index in [4.69, 9.17) is 0 Å². The Hall–Kier alpha value is -1.74. The zero-order chi connectivity index (χ0) is 14.4. The van der Waals surface area contributed by atoms with Crippen LogP contribution in [0, 0.1) is 17.7 Å². The van der Waals surface area contributed by atoms with Crippen LogP contribution in [0.3, 0.4) is 0 Å². The third kappa shape index (κ3) is 1.84. The standard InChI is InChI=1S/C18H18FNO/c19-17-11-20-8-7-16(17)18(21)14-5-6-15(18)10-13-4-2-1-3-12(13)9-14/h1-4,7-8,11,14-15,21H,5-6,9-10H2. The van der Waals surface area contributed by atoms with Gasteiger partial charge in [0.1, 0.15) is 5.82 Å². The van der Waals surface area contributed by atoms with Crippen molar-refractivity contribution < 1.29 is 9.50 Å². The van der Waals surface area contributed by atoms with E-state index in [0.717, 1.165) is 25.7 Å². The molecule has 2 aliphatic carbocycles. The molecule has 2 aromatic rings. The molecule has 0 saturated heterocycles. The van der Waals surface area contributed by atoms with Gasteiger partial charge in [-0.25, -0.2) is 4.39 Å². The number of aliphatic hydroxyl groups is 1. The van der Waals surface area contributed by atoms with Crippen molar-refractivity contribution in [1.29, 1.82) is 0 Å². The monoisotopic (exact) mass is 283 g/mol. The molecule has 1 N–H and O–H groups in total. The Morgan fingerprint density at radius 2 is 1.67 bits per heavy atom. The van der Waals surface area contributed by atoms with Crippen molar-refractivity contribution in [2.75, 3.05) is 0 Å². The van der Waals surface area contributed by atoms with E-state index >= 15 is 0 Å². The van der Waals surface area contributed by atoms with E-state index < -0.39 is 5.60 Å². The summed E-state index contributed by atoms with van der Waals surface area (Å²) in [7, 11) is 0. The molecular weight excluding hydrogens is 265 g/mol. The highest BCUT2D eigenvalue weighted by Gasteiger charge is 2.52. The highest BCUT2D eigenvalue weighted by molar-refractivity contribution is 5.35. The molecule has 1 fully saturated rings. The topological polar surface area (TPSA) is 33.1 Å². The SMILES string of the molecule is OC1(c2ccncc2F)C2CCC1Cc1ccccc1C2. The number of fused-ring (bicyclic) bond motifs is 3. The van der Waals surface area contributed by atoms with E-state index in [0.29, 0.717) is 5.56 Å². The highest BCUT2D eigenvalue weighted by atomic mass is 19.1. The van der Waals surface area contributed by atoms with Gasteiger partial charge < -0.3 is 5.11 Å². The van der Waals surface area contributed by atoms with Crippen molar-refractivity contribution in [1.82, 2.24) is 4.98 Å². The van der Waals surface area contributed by atoms with Crippen molar-refractivity contribution in [3.05, 3.63) is 65.2 Å². The number of nitrogens with zero attached hydrogens (tertiary/aromatic N) is 1. The van der Waals surface area contributed by atoms with Crippen molar-refractivity contribution >= 4 is 0 Å². The maximum absolute atomic E-state index is 14.2. The lowest BCUT2D eigenvalue weighted by atomic mass is 9.77. The zero-order valence-corrected chi connectivity index (χ0v) is 11.8. The molecule has 2 unspecified atom stereocenters. The van der Waals surface area contributed by atoms with Crippen LogP contribution >= 0.6 is 0 Å². The van der Waals surface area contributed by atoms with Gasteiger partial charge in [-0.05, 0) is 54.7 Å². The summed E-state index contributed by atoms with van der Waals surface area (Å²) in [6.07, 6.45) is 6.35. The highest BCUT2D eigenvalue weighted by Crippen LogP contribution is 2.53. The minimum absolute atomic E-state index is 0.0862. The summed E-state index contributed by atoms with van der Waals surface area (Å²) in [5, 5.41) is 11.4. The summed E-state index contributed by atoms with van der Waals surface area (Å²) in [6.45, 7) is 0. The van der Waals surface area contributed by atoms with Crippen LogP contribution in [-0.4, -0.2) is 10.1 Å². The van der Waals surface area contributed by atoms with Gasteiger partial charge in [0.15, 0.2) is 0 Å². The molecule has 2 aliphatic rings. The Bertz CT molecular complexity index is 651. The number of pyridine rings is 1. The maximum atomic E-state index is 14.2. The molecule has 0 amide bonds. The first-order valence-corrected chi connectivity index (χ1v) is 7.58. The zero-order valence-electron chi connectivity index (χ0n) is 11.8. The molecule has 2 atom stereocenters. The van der Waals surface area contributed by atoms with E-state index in [1.54, 1.807) is 12.3 Å². The lowest BCUT2D eigenvalue weighted by Gasteiger charge is -2.34. The second kappa shape index (κ2) is 4.63. The summed E-state index contributed by atoms with van der Waals surface area (Å²) in [5.74, 6) is -0.214. The Labute approximate surface area is 123 Å². The number of hydrogen-bond donors (Lipinski definition) is 1. The van der Waals surface area contributed by atoms with E-state index in [-0.39, 0.29) is 17.7 Å². The molecule has 1 aromatic heterocycles. The van der Waals surface area contributed by atoms with Crippen LogP contribution < -0.4 is 0 Å². The van der Waals surface area contributed by atoms with Crippen LogP contribution in [0.25, 0.3) is 0 Å². The molecule has 1 heterocycles. The van der Waals surface area contributed by atoms with Crippen molar-refractivity contribution in [2.24, 2.45) is 11.8 Å². The van der Waals surface area contributed by atoms with Crippen molar-refractivity contribution in [3.8, 4) is 0 Å². The smallest absolute Gasteiger partial charge is 0.147 e. The third-order valence-corrected chi connectivity index (χ3v) is 5.36. The molecule has 0 radical (unpaired) electrons. The van der Waals surface area contributed by atoms with E-state index in [9.17, 15) is 9.50 Å². The predicted octanol–water partition coefficient (Wildman–Crippen LogP) is 3.23. The van der Waals surface area contributed by atoms with Crippen LogP contribution in [0.4, 0.5) is 4.39 Å². The summed E-state index contributed by atoms with van der Waals surface area (Å²) < 4.78 is 14.2. The third-order valence-electron chi connectivity index (χ3n) is 5.36. The molecule has 0 aliphatic heterocycles. The van der Waals surface area contributed by atoms with Crippen LogP contribution in [0.5, 0.6) is 0 Å². The average Bonchev–Trinajstić information content (AvgIpc) is 2.71. The minimum Gasteiger partial charge on any atom is -0.384 e. The first-order chi connectivity index (χ1) is 10.2. The normalized spacial score (nSPS) is 30.8. The summed E-state index contributed by atoms with van der Waals surface area (Å²) in [4.78, 5) is 3.82. The molecule has 2 bridgehead atoms.